The third-order valence-corrected chi connectivity index (χ3v) is 3.66. The number of aliphatic hydroxyl groups excluding tert-OH is 1. The Kier molecular flexibility index (Phi) is 4.39. The van der Waals surface area contributed by atoms with Gasteiger partial charge in [0.25, 0.3) is 5.91 Å². The van der Waals surface area contributed by atoms with Gasteiger partial charge in [-0.2, -0.15) is 0 Å². The van der Waals surface area contributed by atoms with Crippen LogP contribution in [0.3, 0.4) is 0 Å². The maximum Gasteiger partial charge on any atom is 0.250 e. The lowest BCUT2D eigenvalue weighted by Gasteiger charge is -2.17. The number of aliphatic hydroxyl groups is 1. The van der Waals surface area contributed by atoms with Gasteiger partial charge in [-0.1, -0.05) is 24.3 Å². The van der Waals surface area contributed by atoms with Crippen molar-refractivity contribution in [1.29, 1.82) is 0 Å². The molecule has 2 aromatic carbocycles. The minimum Gasteiger partial charge on any atom is -0.488 e. The monoisotopic (exact) mass is 313 g/mol. The van der Waals surface area contributed by atoms with Crippen molar-refractivity contribution in [2.75, 3.05) is 6.61 Å². The average molecular weight is 313 g/mol. The van der Waals surface area contributed by atoms with Gasteiger partial charge in [0, 0.05) is 17.7 Å². The van der Waals surface area contributed by atoms with Crippen LogP contribution in [0.4, 0.5) is 4.39 Å². The van der Waals surface area contributed by atoms with Crippen molar-refractivity contribution >= 4 is 12.0 Å². The summed E-state index contributed by atoms with van der Waals surface area (Å²) < 4.78 is 18.9. The first-order valence-corrected chi connectivity index (χ1v) is 7.26. The van der Waals surface area contributed by atoms with E-state index in [4.69, 9.17) is 9.84 Å². The number of hydrogen-bond acceptors (Lipinski definition) is 3. The lowest BCUT2D eigenvalue weighted by molar-refractivity contribution is -0.117. The summed E-state index contributed by atoms with van der Waals surface area (Å²) in [6, 6.07) is 11.9. The van der Waals surface area contributed by atoms with Gasteiger partial charge in [0.15, 0.2) is 0 Å². The summed E-state index contributed by atoms with van der Waals surface area (Å²) in [5.74, 6) is 0.0760. The number of benzene rings is 2. The highest BCUT2D eigenvalue weighted by Gasteiger charge is 2.16. The molecule has 0 spiro atoms. The zero-order valence-corrected chi connectivity index (χ0v) is 12.4. The molecular formula is C18H16FNO3. The highest BCUT2D eigenvalue weighted by atomic mass is 19.1. The molecule has 1 amide bonds. The van der Waals surface area contributed by atoms with Crippen LogP contribution in [0, 0.1) is 5.82 Å². The summed E-state index contributed by atoms with van der Waals surface area (Å²) >= 11 is 0. The summed E-state index contributed by atoms with van der Waals surface area (Å²) in [5, 5.41) is 11.8. The fourth-order valence-electron chi connectivity index (χ4n) is 2.40. The molecule has 0 bridgehead atoms. The number of rotatable bonds is 4. The summed E-state index contributed by atoms with van der Waals surface area (Å²) in [5.41, 5.74) is 2.34. The molecule has 2 N–H and O–H groups in total. The molecule has 0 fully saturated rings. The first-order chi connectivity index (χ1) is 11.2. The SMILES string of the molecule is O=C(NCc1ccc(F)c(CO)c1)C1=Cc2ccccc2OC1. The molecule has 1 aliphatic rings. The van der Waals surface area contributed by atoms with Crippen LogP contribution < -0.4 is 10.1 Å². The van der Waals surface area contributed by atoms with Crippen molar-refractivity contribution in [3.05, 3.63) is 70.5 Å². The Labute approximate surface area is 133 Å². The molecule has 0 aromatic heterocycles. The number of fused-ring (bicyclic) bond motifs is 1. The zero-order valence-electron chi connectivity index (χ0n) is 12.4. The van der Waals surface area contributed by atoms with Gasteiger partial charge in [-0.3, -0.25) is 4.79 Å². The van der Waals surface area contributed by atoms with Gasteiger partial charge in [0.1, 0.15) is 18.2 Å². The van der Waals surface area contributed by atoms with E-state index < -0.39 is 5.82 Å². The number of carbonyl (C=O) groups excluding carboxylic acids is 1. The van der Waals surface area contributed by atoms with E-state index in [-0.39, 0.29) is 31.2 Å². The third kappa shape index (κ3) is 3.40. The van der Waals surface area contributed by atoms with Crippen LogP contribution in [0.2, 0.25) is 0 Å². The normalized spacial score (nSPS) is 12.9. The molecule has 118 valence electrons. The van der Waals surface area contributed by atoms with Gasteiger partial charge in [-0.05, 0) is 29.8 Å². The number of carbonyl (C=O) groups is 1. The summed E-state index contributed by atoms with van der Waals surface area (Å²) in [7, 11) is 0. The summed E-state index contributed by atoms with van der Waals surface area (Å²) in [4.78, 5) is 12.2. The van der Waals surface area contributed by atoms with Crippen molar-refractivity contribution in [1.82, 2.24) is 5.32 Å². The van der Waals surface area contributed by atoms with Crippen LogP contribution in [0.25, 0.3) is 6.08 Å². The molecule has 0 aliphatic carbocycles. The maximum atomic E-state index is 13.3. The summed E-state index contributed by atoms with van der Waals surface area (Å²) in [6.45, 7) is 0.0999. The standard InChI is InChI=1S/C18H16FNO3/c19-16-6-5-12(7-14(16)10-21)9-20-18(22)15-8-13-3-1-2-4-17(13)23-11-15/h1-8,21H,9-11H2,(H,20,22). The second kappa shape index (κ2) is 6.62. The smallest absolute Gasteiger partial charge is 0.250 e. The fraction of sp³-hybridized carbons (Fsp3) is 0.167. The van der Waals surface area contributed by atoms with Crippen molar-refractivity contribution in [3.63, 3.8) is 0 Å². The van der Waals surface area contributed by atoms with Crippen LogP contribution in [0.15, 0.2) is 48.0 Å². The molecule has 1 heterocycles. The van der Waals surface area contributed by atoms with E-state index in [0.717, 1.165) is 16.9 Å². The van der Waals surface area contributed by atoms with Crippen molar-refractivity contribution in [2.24, 2.45) is 0 Å². The minimum atomic E-state index is -0.456. The second-order valence-corrected chi connectivity index (χ2v) is 5.26. The minimum absolute atomic E-state index is 0.214. The van der Waals surface area contributed by atoms with E-state index in [2.05, 4.69) is 5.32 Å². The van der Waals surface area contributed by atoms with Gasteiger partial charge in [0.2, 0.25) is 0 Å². The fourth-order valence-corrected chi connectivity index (χ4v) is 2.40. The van der Waals surface area contributed by atoms with Gasteiger partial charge < -0.3 is 15.2 Å². The van der Waals surface area contributed by atoms with Crippen LogP contribution in [0.1, 0.15) is 16.7 Å². The molecule has 0 unspecified atom stereocenters. The number of nitrogens with one attached hydrogen (secondary N) is 1. The second-order valence-electron chi connectivity index (χ2n) is 5.26. The number of hydrogen-bond donors (Lipinski definition) is 2. The predicted octanol–water partition coefficient (Wildman–Crippen LogP) is 2.41. The van der Waals surface area contributed by atoms with Crippen molar-refractivity contribution in [2.45, 2.75) is 13.2 Å². The van der Waals surface area contributed by atoms with Gasteiger partial charge in [-0.25, -0.2) is 4.39 Å². The van der Waals surface area contributed by atoms with E-state index in [1.165, 1.54) is 12.1 Å². The molecule has 0 saturated carbocycles. The molecule has 23 heavy (non-hydrogen) atoms. The summed E-state index contributed by atoms with van der Waals surface area (Å²) in [6.07, 6.45) is 1.80. The lowest BCUT2D eigenvalue weighted by Crippen LogP contribution is -2.28. The van der Waals surface area contributed by atoms with E-state index in [1.807, 2.05) is 24.3 Å². The predicted molar refractivity (Wildman–Crippen MR) is 84.1 cm³/mol. The Morgan fingerprint density at radius 2 is 2.09 bits per heavy atom. The van der Waals surface area contributed by atoms with Crippen LogP contribution >= 0.6 is 0 Å². The number of amides is 1. The number of halogens is 1. The van der Waals surface area contributed by atoms with Gasteiger partial charge in [0.05, 0.1) is 12.2 Å². The largest absolute Gasteiger partial charge is 0.488 e. The van der Waals surface area contributed by atoms with Gasteiger partial charge >= 0.3 is 0 Å². The van der Waals surface area contributed by atoms with Gasteiger partial charge in [-0.15, -0.1) is 0 Å². The number of ether oxygens (including phenoxy) is 1. The molecule has 0 saturated heterocycles. The molecule has 1 aliphatic heterocycles. The first-order valence-electron chi connectivity index (χ1n) is 7.26. The molecule has 3 rings (SSSR count). The Morgan fingerprint density at radius 3 is 2.91 bits per heavy atom. The van der Waals surface area contributed by atoms with Crippen molar-refractivity contribution in [3.8, 4) is 5.75 Å². The molecule has 0 radical (unpaired) electrons. The quantitative estimate of drug-likeness (QED) is 0.911. The van der Waals surface area contributed by atoms with Crippen LogP contribution in [-0.4, -0.2) is 17.6 Å². The molecule has 4 nitrogen and oxygen atoms in total. The highest BCUT2D eigenvalue weighted by Crippen LogP contribution is 2.25. The Morgan fingerprint density at radius 1 is 1.26 bits per heavy atom. The first kappa shape index (κ1) is 15.2. The van der Waals surface area contributed by atoms with Crippen molar-refractivity contribution < 1.29 is 19.0 Å². The Bertz CT molecular complexity index is 771. The molecule has 0 atom stereocenters. The maximum absolute atomic E-state index is 13.3. The van der Waals surface area contributed by atoms with Crippen LogP contribution in [0.5, 0.6) is 5.75 Å². The molecule has 5 heteroatoms. The van der Waals surface area contributed by atoms with E-state index in [1.54, 1.807) is 12.1 Å². The average Bonchev–Trinajstić information content (AvgIpc) is 2.60. The lowest BCUT2D eigenvalue weighted by atomic mass is 10.1. The van der Waals surface area contributed by atoms with Crippen LogP contribution in [-0.2, 0) is 17.9 Å². The molecular weight excluding hydrogens is 297 g/mol. The highest BCUT2D eigenvalue weighted by molar-refractivity contribution is 5.99. The van der Waals surface area contributed by atoms with E-state index in [9.17, 15) is 9.18 Å². The number of para-hydroxylation sites is 1. The third-order valence-electron chi connectivity index (χ3n) is 3.66. The molecule has 2 aromatic rings. The Balaban J connectivity index is 1.68. The zero-order chi connectivity index (χ0) is 16.2. The topological polar surface area (TPSA) is 58.6 Å². The van der Waals surface area contributed by atoms with E-state index >= 15 is 0 Å². The Hall–Kier alpha value is -2.66. The van der Waals surface area contributed by atoms with E-state index in [0.29, 0.717) is 5.57 Å².